The predicted molar refractivity (Wildman–Crippen MR) is 81.8 cm³/mol. The van der Waals surface area contributed by atoms with Gasteiger partial charge in [-0.2, -0.15) is 0 Å². The van der Waals surface area contributed by atoms with Crippen LogP contribution in [-0.4, -0.2) is 35.1 Å². The molecule has 0 aromatic heterocycles. The summed E-state index contributed by atoms with van der Waals surface area (Å²) < 4.78 is 0. The van der Waals surface area contributed by atoms with Crippen molar-refractivity contribution in [3.05, 3.63) is 0 Å². The first-order chi connectivity index (χ1) is 9.54. The molecule has 0 aromatic rings. The summed E-state index contributed by atoms with van der Waals surface area (Å²) in [7, 11) is 0. The van der Waals surface area contributed by atoms with Crippen molar-refractivity contribution in [1.29, 1.82) is 0 Å². The van der Waals surface area contributed by atoms with E-state index in [1.807, 2.05) is 0 Å². The number of aliphatic carboxylic acids is 1. The van der Waals surface area contributed by atoms with Crippen LogP contribution >= 0.6 is 0 Å². The average Bonchev–Trinajstić information content (AvgIpc) is 2.38. The number of likely N-dealkylation sites (tertiary alicyclic amines) is 1. The van der Waals surface area contributed by atoms with Crippen LogP contribution in [-0.2, 0) is 4.79 Å². The molecule has 0 aromatic carbocycles. The molecular weight excluding hydrogens is 250 g/mol. The van der Waals surface area contributed by atoms with Gasteiger partial charge >= 0.3 is 5.97 Å². The molecule has 1 aliphatic heterocycles. The number of hydrogen-bond acceptors (Lipinski definition) is 2. The molecule has 2 atom stereocenters. The molecule has 0 spiro atoms. The molecule has 1 saturated heterocycles. The Bertz CT molecular complexity index is 308. The van der Waals surface area contributed by atoms with Crippen LogP contribution in [0.4, 0.5) is 0 Å². The van der Waals surface area contributed by atoms with Crippen molar-refractivity contribution >= 4 is 5.97 Å². The molecule has 2 fully saturated rings. The van der Waals surface area contributed by atoms with E-state index in [0.29, 0.717) is 12.3 Å². The lowest BCUT2D eigenvalue weighted by Crippen LogP contribution is -2.44. The summed E-state index contributed by atoms with van der Waals surface area (Å²) in [6.07, 6.45) is 9.46. The minimum absolute atomic E-state index is 0.370. The third kappa shape index (κ3) is 4.76. The minimum atomic E-state index is -0.627. The molecule has 2 rings (SSSR count). The molecule has 1 aliphatic carbocycles. The van der Waals surface area contributed by atoms with Gasteiger partial charge in [0.1, 0.15) is 0 Å². The Morgan fingerprint density at radius 1 is 1.15 bits per heavy atom. The van der Waals surface area contributed by atoms with Gasteiger partial charge in [-0.25, -0.2) is 0 Å². The first kappa shape index (κ1) is 15.8. The van der Waals surface area contributed by atoms with E-state index in [2.05, 4.69) is 18.7 Å². The Balaban J connectivity index is 1.76. The molecule has 0 bridgehead atoms. The number of hydrogen-bond donors (Lipinski definition) is 1. The molecular formula is C17H31NO2. The van der Waals surface area contributed by atoms with Gasteiger partial charge < -0.3 is 10.0 Å². The quantitative estimate of drug-likeness (QED) is 0.833. The van der Waals surface area contributed by atoms with Crippen molar-refractivity contribution in [3.8, 4) is 0 Å². The fourth-order valence-corrected chi connectivity index (χ4v) is 4.24. The first-order valence-electron chi connectivity index (χ1n) is 8.50. The van der Waals surface area contributed by atoms with E-state index in [1.165, 1.54) is 32.1 Å². The van der Waals surface area contributed by atoms with Gasteiger partial charge in [0.2, 0.25) is 0 Å². The molecule has 1 saturated carbocycles. The monoisotopic (exact) mass is 281 g/mol. The Kier molecular flexibility index (Phi) is 5.88. The van der Waals surface area contributed by atoms with Crippen molar-refractivity contribution in [1.82, 2.24) is 4.90 Å². The summed E-state index contributed by atoms with van der Waals surface area (Å²) in [4.78, 5) is 13.4. The van der Waals surface area contributed by atoms with E-state index < -0.39 is 5.97 Å². The Morgan fingerprint density at radius 3 is 2.45 bits per heavy atom. The van der Waals surface area contributed by atoms with Crippen LogP contribution in [0.3, 0.4) is 0 Å². The largest absolute Gasteiger partial charge is 0.481 e. The lowest BCUT2D eigenvalue weighted by atomic mass is 9.79. The van der Waals surface area contributed by atoms with Gasteiger partial charge in [-0.15, -0.1) is 0 Å². The van der Waals surface area contributed by atoms with E-state index >= 15 is 0 Å². The molecule has 2 unspecified atom stereocenters. The van der Waals surface area contributed by atoms with Crippen molar-refractivity contribution in [3.63, 3.8) is 0 Å². The Hall–Kier alpha value is -0.570. The molecule has 0 radical (unpaired) electrons. The van der Waals surface area contributed by atoms with Gasteiger partial charge in [-0.3, -0.25) is 4.79 Å². The van der Waals surface area contributed by atoms with Crippen molar-refractivity contribution in [2.24, 2.45) is 17.8 Å². The second kappa shape index (κ2) is 7.44. The van der Waals surface area contributed by atoms with E-state index in [1.54, 1.807) is 0 Å². The van der Waals surface area contributed by atoms with Crippen LogP contribution in [0.2, 0.25) is 0 Å². The minimum Gasteiger partial charge on any atom is -0.481 e. The van der Waals surface area contributed by atoms with Crippen LogP contribution in [0.15, 0.2) is 0 Å². The highest BCUT2D eigenvalue weighted by atomic mass is 16.4. The Labute approximate surface area is 123 Å². The fourth-order valence-electron chi connectivity index (χ4n) is 4.24. The molecule has 1 heterocycles. The second-order valence-electron chi connectivity index (χ2n) is 7.39. The first-order valence-corrected chi connectivity index (χ1v) is 8.50. The van der Waals surface area contributed by atoms with Crippen molar-refractivity contribution in [2.75, 3.05) is 13.1 Å². The van der Waals surface area contributed by atoms with Crippen LogP contribution in [0.25, 0.3) is 0 Å². The summed E-state index contributed by atoms with van der Waals surface area (Å²) in [5, 5.41) is 8.89. The van der Waals surface area contributed by atoms with Gasteiger partial charge in [-0.1, -0.05) is 26.7 Å². The lowest BCUT2D eigenvalue weighted by molar-refractivity contribution is -0.138. The number of carboxylic acid groups (broad SMARTS) is 1. The fraction of sp³-hybridized carbons (Fsp3) is 0.941. The van der Waals surface area contributed by atoms with E-state index in [-0.39, 0.29) is 0 Å². The number of carboxylic acids is 1. The number of rotatable bonds is 5. The third-order valence-corrected chi connectivity index (χ3v) is 5.19. The summed E-state index contributed by atoms with van der Waals surface area (Å²) in [5.41, 5.74) is 0. The maximum Gasteiger partial charge on any atom is 0.303 e. The van der Waals surface area contributed by atoms with Crippen LogP contribution in [0.1, 0.15) is 65.2 Å². The van der Waals surface area contributed by atoms with E-state index in [4.69, 9.17) is 5.11 Å². The summed E-state index contributed by atoms with van der Waals surface area (Å²) in [5.74, 6) is 1.53. The normalized spacial score (nSPS) is 29.8. The maximum atomic E-state index is 10.8. The smallest absolute Gasteiger partial charge is 0.303 e. The molecule has 3 nitrogen and oxygen atoms in total. The zero-order chi connectivity index (χ0) is 14.5. The van der Waals surface area contributed by atoms with Crippen LogP contribution in [0.5, 0.6) is 0 Å². The lowest BCUT2D eigenvalue weighted by Gasteiger charge is -2.41. The number of piperidine rings is 1. The maximum absolute atomic E-state index is 10.8. The van der Waals surface area contributed by atoms with Gasteiger partial charge in [0, 0.05) is 12.5 Å². The molecule has 20 heavy (non-hydrogen) atoms. The zero-order valence-corrected chi connectivity index (χ0v) is 13.2. The van der Waals surface area contributed by atoms with E-state index in [9.17, 15) is 4.79 Å². The number of nitrogens with zero attached hydrogens (tertiary/aromatic N) is 1. The molecule has 0 amide bonds. The highest BCUT2D eigenvalue weighted by molar-refractivity contribution is 5.67. The van der Waals surface area contributed by atoms with Crippen molar-refractivity contribution < 1.29 is 9.90 Å². The topological polar surface area (TPSA) is 40.5 Å². The second-order valence-corrected chi connectivity index (χ2v) is 7.39. The van der Waals surface area contributed by atoms with Crippen molar-refractivity contribution in [2.45, 2.75) is 71.3 Å². The molecule has 2 aliphatic rings. The molecule has 1 N–H and O–H groups in total. The van der Waals surface area contributed by atoms with E-state index in [0.717, 1.165) is 43.8 Å². The van der Waals surface area contributed by atoms with Crippen LogP contribution in [0, 0.1) is 17.8 Å². The summed E-state index contributed by atoms with van der Waals surface area (Å²) >= 11 is 0. The predicted octanol–water partition coefficient (Wildman–Crippen LogP) is 3.78. The average molecular weight is 281 g/mol. The standard InChI is InChI=1S/C17H31NO2/c1-13(2)10-15-4-3-5-16(11-15)18-8-6-14(7-9-18)12-17(19)20/h13-16H,3-12H2,1-2H3,(H,19,20). The highest BCUT2D eigenvalue weighted by Gasteiger charge is 2.30. The van der Waals surface area contributed by atoms with Gasteiger partial charge in [0.05, 0.1) is 0 Å². The molecule has 3 heteroatoms. The summed E-state index contributed by atoms with van der Waals surface area (Å²) in [6, 6.07) is 0.776. The Morgan fingerprint density at radius 2 is 1.85 bits per heavy atom. The van der Waals surface area contributed by atoms with Gasteiger partial charge in [0.15, 0.2) is 0 Å². The van der Waals surface area contributed by atoms with Gasteiger partial charge in [0.25, 0.3) is 0 Å². The van der Waals surface area contributed by atoms with Gasteiger partial charge in [-0.05, 0) is 62.9 Å². The molecule has 116 valence electrons. The van der Waals surface area contributed by atoms with Crippen LogP contribution < -0.4 is 0 Å². The SMILES string of the molecule is CC(C)CC1CCCC(N2CCC(CC(=O)O)CC2)C1. The highest BCUT2D eigenvalue weighted by Crippen LogP contribution is 2.34. The summed E-state index contributed by atoms with van der Waals surface area (Å²) in [6.45, 7) is 6.91. The third-order valence-electron chi connectivity index (χ3n) is 5.19. The number of carbonyl (C=O) groups is 1. The zero-order valence-electron chi connectivity index (χ0n) is 13.2.